The molecule has 0 aromatic heterocycles. The molecule has 1 aliphatic rings. The molecule has 1 heterocycles. The molecule has 2 aromatic carbocycles. The lowest BCUT2D eigenvalue weighted by atomic mass is 10.1. The standard InChI is InChI=1S/C24H28FN3O5S/c1-3-14-26-23(30)17(2)27(16-18-9-4-6-11-20(18)25)22(29)13-8-15-28-24(31)19-10-5-7-12-21(19)34(28,32)33/h4-7,9-12,17H,3,8,13-16H2,1-2H3,(H,26,30). The molecule has 1 unspecified atom stereocenters. The van der Waals surface area contributed by atoms with Gasteiger partial charge in [-0.25, -0.2) is 17.1 Å². The number of rotatable bonds is 10. The van der Waals surface area contributed by atoms with Crippen molar-refractivity contribution in [1.82, 2.24) is 14.5 Å². The lowest BCUT2D eigenvalue weighted by Crippen LogP contribution is -2.48. The number of benzene rings is 2. The average molecular weight is 490 g/mol. The summed E-state index contributed by atoms with van der Waals surface area (Å²) in [4.78, 5) is 39.4. The van der Waals surface area contributed by atoms with Crippen LogP contribution < -0.4 is 5.32 Å². The summed E-state index contributed by atoms with van der Waals surface area (Å²) >= 11 is 0. The molecular formula is C24H28FN3O5S. The van der Waals surface area contributed by atoms with Crippen LogP contribution in [-0.4, -0.2) is 54.5 Å². The molecule has 0 radical (unpaired) electrons. The van der Waals surface area contributed by atoms with Crippen molar-refractivity contribution in [3.8, 4) is 0 Å². The molecule has 0 saturated carbocycles. The molecule has 1 atom stereocenters. The first-order valence-corrected chi connectivity index (χ1v) is 12.6. The fourth-order valence-corrected chi connectivity index (χ4v) is 5.37. The van der Waals surface area contributed by atoms with Crippen LogP contribution in [-0.2, 0) is 26.2 Å². The fourth-order valence-electron chi connectivity index (χ4n) is 3.76. The quantitative estimate of drug-likeness (QED) is 0.553. The Hall–Kier alpha value is -3.27. The van der Waals surface area contributed by atoms with Gasteiger partial charge < -0.3 is 10.2 Å². The summed E-state index contributed by atoms with van der Waals surface area (Å²) in [5.41, 5.74) is 0.370. The average Bonchev–Trinajstić information content (AvgIpc) is 3.02. The van der Waals surface area contributed by atoms with Gasteiger partial charge in [0.1, 0.15) is 16.8 Å². The van der Waals surface area contributed by atoms with Crippen molar-refractivity contribution in [3.63, 3.8) is 0 Å². The van der Waals surface area contributed by atoms with Gasteiger partial charge in [-0.1, -0.05) is 37.3 Å². The van der Waals surface area contributed by atoms with E-state index in [9.17, 15) is 27.2 Å². The number of hydrogen-bond donors (Lipinski definition) is 1. The van der Waals surface area contributed by atoms with E-state index in [0.29, 0.717) is 6.54 Å². The highest BCUT2D eigenvalue weighted by atomic mass is 32.2. The van der Waals surface area contributed by atoms with Gasteiger partial charge in [-0.05, 0) is 38.0 Å². The zero-order chi connectivity index (χ0) is 24.9. The third kappa shape index (κ3) is 5.27. The maximum absolute atomic E-state index is 14.2. The summed E-state index contributed by atoms with van der Waals surface area (Å²) in [5, 5.41) is 2.74. The molecule has 0 aliphatic carbocycles. The van der Waals surface area contributed by atoms with Crippen molar-refractivity contribution in [2.45, 2.75) is 50.6 Å². The number of hydrogen-bond acceptors (Lipinski definition) is 5. The van der Waals surface area contributed by atoms with Crippen LogP contribution in [0.4, 0.5) is 4.39 Å². The number of carbonyl (C=O) groups excluding carboxylic acids is 3. The van der Waals surface area contributed by atoms with Crippen molar-refractivity contribution in [1.29, 1.82) is 0 Å². The van der Waals surface area contributed by atoms with Gasteiger partial charge in [0, 0.05) is 31.6 Å². The van der Waals surface area contributed by atoms with Gasteiger partial charge in [0.25, 0.3) is 15.9 Å². The van der Waals surface area contributed by atoms with E-state index < -0.39 is 33.7 Å². The van der Waals surface area contributed by atoms with Crippen LogP contribution in [0.3, 0.4) is 0 Å². The molecule has 0 bridgehead atoms. The van der Waals surface area contributed by atoms with Gasteiger partial charge in [0.15, 0.2) is 0 Å². The largest absolute Gasteiger partial charge is 0.354 e. The van der Waals surface area contributed by atoms with Crippen LogP contribution in [0.2, 0.25) is 0 Å². The van der Waals surface area contributed by atoms with E-state index >= 15 is 0 Å². The molecule has 1 N–H and O–H groups in total. The van der Waals surface area contributed by atoms with Crippen molar-refractivity contribution >= 4 is 27.7 Å². The second kappa shape index (κ2) is 10.8. The third-order valence-electron chi connectivity index (χ3n) is 5.68. The second-order valence-electron chi connectivity index (χ2n) is 8.06. The molecule has 0 saturated heterocycles. The number of nitrogens with one attached hydrogen (secondary N) is 1. The Labute approximate surface area is 198 Å². The number of halogens is 1. The highest BCUT2D eigenvalue weighted by Gasteiger charge is 2.40. The Morgan fingerprint density at radius 3 is 2.47 bits per heavy atom. The van der Waals surface area contributed by atoms with Crippen LogP contribution in [0.5, 0.6) is 0 Å². The highest BCUT2D eigenvalue weighted by molar-refractivity contribution is 7.90. The van der Waals surface area contributed by atoms with E-state index in [-0.39, 0.29) is 47.9 Å². The topological polar surface area (TPSA) is 104 Å². The molecule has 34 heavy (non-hydrogen) atoms. The number of sulfonamides is 1. The Kier molecular flexibility index (Phi) is 8.03. The summed E-state index contributed by atoms with van der Waals surface area (Å²) in [6.07, 6.45) is 0.671. The zero-order valence-corrected chi connectivity index (χ0v) is 20.0. The van der Waals surface area contributed by atoms with E-state index in [1.165, 1.54) is 29.2 Å². The van der Waals surface area contributed by atoms with E-state index in [0.717, 1.165) is 10.7 Å². The Morgan fingerprint density at radius 1 is 1.12 bits per heavy atom. The van der Waals surface area contributed by atoms with Crippen LogP contribution in [0.25, 0.3) is 0 Å². The summed E-state index contributed by atoms with van der Waals surface area (Å²) in [6.45, 7) is 3.62. The van der Waals surface area contributed by atoms with Crippen molar-refractivity contribution in [2.75, 3.05) is 13.1 Å². The molecule has 0 spiro atoms. The monoisotopic (exact) mass is 489 g/mol. The molecule has 3 rings (SSSR count). The maximum Gasteiger partial charge on any atom is 0.269 e. The highest BCUT2D eigenvalue weighted by Crippen LogP contribution is 2.30. The number of fused-ring (bicyclic) bond motifs is 1. The molecule has 2 aromatic rings. The first kappa shape index (κ1) is 25.4. The first-order valence-electron chi connectivity index (χ1n) is 11.1. The zero-order valence-electron chi connectivity index (χ0n) is 19.2. The minimum atomic E-state index is -3.96. The van der Waals surface area contributed by atoms with Gasteiger partial charge in [-0.3, -0.25) is 14.4 Å². The molecule has 10 heteroatoms. The molecule has 3 amide bonds. The predicted molar refractivity (Wildman–Crippen MR) is 124 cm³/mol. The summed E-state index contributed by atoms with van der Waals surface area (Å²) < 4.78 is 40.4. The summed E-state index contributed by atoms with van der Waals surface area (Å²) in [7, 11) is -3.96. The van der Waals surface area contributed by atoms with E-state index in [4.69, 9.17) is 0 Å². The molecule has 8 nitrogen and oxygen atoms in total. The van der Waals surface area contributed by atoms with Crippen molar-refractivity contribution < 1.29 is 27.2 Å². The van der Waals surface area contributed by atoms with Gasteiger partial charge in [-0.2, -0.15) is 0 Å². The second-order valence-corrected chi connectivity index (χ2v) is 9.89. The Bertz CT molecular complexity index is 1180. The first-order chi connectivity index (χ1) is 16.2. The summed E-state index contributed by atoms with van der Waals surface area (Å²) in [5.74, 6) is -1.92. The molecule has 0 fully saturated rings. The molecule has 182 valence electrons. The lowest BCUT2D eigenvalue weighted by molar-refractivity contribution is -0.140. The number of carbonyl (C=O) groups is 3. The third-order valence-corrected chi connectivity index (χ3v) is 7.52. The normalized spacial score (nSPS) is 15.0. The SMILES string of the molecule is CCCNC(=O)C(C)N(Cc1ccccc1F)C(=O)CCCN1C(=O)c2ccccc2S1(=O)=O. The van der Waals surface area contributed by atoms with Crippen LogP contribution in [0.15, 0.2) is 53.4 Å². The van der Waals surface area contributed by atoms with Gasteiger partial charge in [0.05, 0.1) is 5.56 Å². The van der Waals surface area contributed by atoms with Crippen LogP contribution >= 0.6 is 0 Å². The summed E-state index contributed by atoms with van der Waals surface area (Å²) in [6, 6.07) is 11.1. The minimum absolute atomic E-state index is 0.0475. The van der Waals surface area contributed by atoms with Crippen LogP contribution in [0.1, 0.15) is 49.0 Å². The maximum atomic E-state index is 14.2. The van der Waals surface area contributed by atoms with Gasteiger partial charge in [-0.15, -0.1) is 0 Å². The molecular weight excluding hydrogens is 461 g/mol. The smallest absolute Gasteiger partial charge is 0.269 e. The molecule has 1 aliphatic heterocycles. The van der Waals surface area contributed by atoms with E-state index in [1.54, 1.807) is 31.2 Å². The Balaban J connectivity index is 1.71. The number of nitrogens with zero attached hydrogens (tertiary/aromatic N) is 2. The minimum Gasteiger partial charge on any atom is -0.354 e. The fraction of sp³-hybridized carbons (Fsp3) is 0.375. The van der Waals surface area contributed by atoms with E-state index in [1.807, 2.05) is 6.92 Å². The van der Waals surface area contributed by atoms with Gasteiger partial charge in [0.2, 0.25) is 11.8 Å². The Morgan fingerprint density at radius 2 is 1.79 bits per heavy atom. The van der Waals surface area contributed by atoms with Crippen molar-refractivity contribution in [2.24, 2.45) is 0 Å². The van der Waals surface area contributed by atoms with E-state index in [2.05, 4.69) is 5.32 Å². The number of amides is 3. The van der Waals surface area contributed by atoms with Crippen molar-refractivity contribution in [3.05, 3.63) is 65.5 Å². The lowest BCUT2D eigenvalue weighted by Gasteiger charge is -2.29. The van der Waals surface area contributed by atoms with Gasteiger partial charge >= 0.3 is 0 Å². The van der Waals surface area contributed by atoms with Crippen LogP contribution in [0, 0.1) is 5.82 Å². The predicted octanol–water partition coefficient (Wildman–Crippen LogP) is 2.69.